The van der Waals surface area contributed by atoms with E-state index in [9.17, 15) is 0 Å². The molecule has 1 nitrogen and oxygen atoms in total. The topological polar surface area (TPSA) is 3.24 Å². The van der Waals surface area contributed by atoms with Crippen LogP contribution in [0.3, 0.4) is 0 Å². The average Bonchev–Trinajstić information content (AvgIpc) is 2.41. The normalized spacial score (nSPS) is 10.5. The Labute approximate surface area is 132 Å². The lowest BCUT2D eigenvalue weighted by atomic mass is 10.1. The van der Waals surface area contributed by atoms with E-state index in [-0.39, 0.29) is 0 Å². The molecule has 2 rings (SSSR count). The summed E-state index contributed by atoms with van der Waals surface area (Å²) in [4.78, 5) is 2.16. The van der Waals surface area contributed by atoms with Crippen molar-refractivity contribution in [2.24, 2.45) is 0 Å². The Hall–Kier alpha value is -0.700. The summed E-state index contributed by atoms with van der Waals surface area (Å²) in [6.07, 6.45) is 0. The number of alkyl halides is 1. The van der Waals surface area contributed by atoms with Crippen LogP contribution >= 0.6 is 39.1 Å². The van der Waals surface area contributed by atoms with Crippen molar-refractivity contribution in [3.8, 4) is 0 Å². The molecule has 100 valence electrons. The molecule has 2 aromatic rings. The van der Waals surface area contributed by atoms with Crippen molar-refractivity contribution < 1.29 is 0 Å². The minimum Gasteiger partial charge on any atom is -0.370 e. The molecular weight excluding hydrogens is 345 g/mol. The maximum atomic E-state index is 6.19. The zero-order chi connectivity index (χ0) is 13.8. The highest BCUT2D eigenvalue weighted by Gasteiger charge is 2.09. The lowest BCUT2D eigenvalue weighted by Crippen LogP contribution is -2.18. The molecule has 0 radical (unpaired) electrons. The molecule has 0 atom stereocenters. The van der Waals surface area contributed by atoms with Crippen LogP contribution in [0.5, 0.6) is 0 Å². The zero-order valence-electron chi connectivity index (χ0n) is 10.5. The molecule has 0 saturated carbocycles. The van der Waals surface area contributed by atoms with Gasteiger partial charge in [0.25, 0.3) is 0 Å². The molecule has 0 bridgehead atoms. The number of hydrogen-bond acceptors (Lipinski definition) is 1. The van der Waals surface area contributed by atoms with Gasteiger partial charge < -0.3 is 4.90 Å². The number of nitrogens with zero attached hydrogens (tertiary/aromatic N) is 1. The Kier molecular flexibility index (Phi) is 5.14. The summed E-state index contributed by atoms with van der Waals surface area (Å²) in [5.74, 6) is 0.488. The Morgan fingerprint density at radius 2 is 1.84 bits per heavy atom. The average molecular weight is 359 g/mol. The smallest absolute Gasteiger partial charge is 0.0494 e. The van der Waals surface area contributed by atoms with Crippen LogP contribution in [0, 0.1) is 0 Å². The van der Waals surface area contributed by atoms with Gasteiger partial charge in [-0.1, -0.05) is 45.7 Å². The van der Waals surface area contributed by atoms with E-state index >= 15 is 0 Å². The summed E-state index contributed by atoms with van der Waals surface area (Å²) < 4.78 is 1.04. The molecule has 0 aliphatic rings. The Morgan fingerprint density at radius 3 is 2.53 bits per heavy atom. The standard InChI is InChI=1S/C15H14BrCl2N/c1-19(10-11-4-2-3-5-14(11)18)15-7-6-13(16)8-12(15)9-17/h2-8H,9-10H2,1H3. The van der Waals surface area contributed by atoms with Gasteiger partial charge in [-0.2, -0.15) is 0 Å². The molecule has 0 fully saturated rings. The van der Waals surface area contributed by atoms with Crippen molar-refractivity contribution in [3.63, 3.8) is 0 Å². The van der Waals surface area contributed by atoms with E-state index in [0.29, 0.717) is 5.88 Å². The highest BCUT2D eigenvalue weighted by Crippen LogP contribution is 2.27. The predicted octanol–water partition coefficient (Wildman–Crippen LogP) is 5.48. The summed E-state index contributed by atoms with van der Waals surface area (Å²) in [6, 6.07) is 14.0. The molecule has 0 N–H and O–H groups in total. The minimum absolute atomic E-state index is 0.488. The van der Waals surface area contributed by atoms with Crippen molar-refractivity contribution in [2.75, 3.05) is 11.9 Å². The van der Waals surface area contributed by atoms with E-state index in [1.807, 2.05) is 43.4 Å². The van der Waals surface area contributed by atoms with Crippen LogP contribution in [0.1, 0.15) is 11.1 Å². The van der Waals surface area contributed by atoms with Crippen LogP contribution in [0.2, 0.25) is 5.02 Å². The number of halogens is 3. The largest absolute Gasteiger partial charge is 0.370 e. The van der Waals surface area contributed by atoms with Gasteiger partial charge in [0.15, 0.2) is 0 Å². The third-order valence-corrected chi connectivity index (χ3v) is 4.11. The van der Waals surface area contributed by atoms with Crippen LogP contribution in [0.15, 0.2) is 46.9 Å². The maximum absolute atomic E-state index is 6.19. The quantitative estimate of drug-likeness (QED) is 0.654. The van der Waals surface area contributed by atoms with E-state index < -0.39 is 0 Å². The van der Waals surface area contributed by atoms with Gasteiger partial charge in [-0.15, -0.1) is 11.6 Å². The van der Waals surface area contributed by atoms with Crippen LogP contribution in [0.4, 0.5) is 5.69 Å². The number of benzene rings is 2. The Bertz CT molecular complexity index is 572. The van der Waals surface area contributed by atoms with Crippen molar-refractivity contribution in [2.45, 2.75) is 12.4 Å². The zero-order valence-corrected chi connectivity index (χ0v) is 13.6. The second-order valence-corrected chi connectivity index (χ2v) is 5.94. The summed E-state index contributed by atoms with van der Waals surface area (Å²) >= 11 is 15.7. The first kappa shape index (κ1) is 14.7. The van der Waals surface area contributed by atoms with Gasteiger partial charge in [-0.05, 0) is 35.4 Å². The van der Waals surface area contributed by atoms with E-state index in [4.69, 9.17) is 23.2 Å². The van der Waals surface area contributed by atoms with Crippen molar-refractivity contribution in [1.29, 1.82) is 0 Å². The molecule has 0 heterocycles. The third kappa shape index (κ3) is 3.65. The van der Waals surface area contributed by atoms with Gasteiger partial charge in [0.2, 0.25) is 0 Å². The minimum atomic E-state index is 0.488. The fourth-order valence-electron chi connectivity index (χ4n) is 2.00. The van der Waals surface area contributed by atoms with E-state index in [1.54, 1.807) is 0 Å². The van der Waals surface area contributed by atoms with Gasteiger partial charge in [0, 0.05) is 34.7 Å². The van der Waals surface area contributed by atoms with Crippen molar-refractivity contribution >= 4 is 44.8 Å². The first-order valence-corrected chi connectivity index (χ1v) is 7.61. The van der Waals surface area contributed by atoms with Crippen molar-refractivity contribution in [3.05, 3.63) is 63.1 Å². The molecule has 0 aliphatic heterocycles. The molecule has 0 saturated heterocycles. The van der Waals surface area contributed by atoms with Gasteiger partial charge in [-0.25, -0.2) is 0 Å². The fourth-order valence-corrected chi connectivity index (χ4v) is 2.82. The van der Waals surface area contributed by atoms with E-state index in [1.165, 1.54) is 0 Å². The molecule has 19 heavy (non-hydrogen) atoms. The maximum Gasteiger partial charge on any atom is 0.0494 e. The van der Waals surface area contributed by atoms with Crippen molar-refractivity contribution in [1.82, 2.24) is 0 Å². The second-order valence-electron chi connectivity index (χ2n) is 4.35. The van der Waals surface area contributed by atoms with Crippen LogP contribution < -0.4 is 4.90 Å². The summed E-state index contributed by atoms with van der Waals surface area (Å²) in [5.41, 5.74) is 3.33. The predicted molar refractivity (Wildman–Crippen MR) is 87.3 cm³/mol. The number of anilines is 1. The van der Waals surface area contributed by atoms with Crippen LogP contribution in [-0.4, -0.2) is 7.05 Å². The van der Waals surface area contributed by atoms with Gasteiger partial charge >= 0.3 is 0 Å². The lowest BCUT2D eigenvalue weighted by Gasteiger charge is -2.22. The van der Waals surface area contributed by atoms with Gasteiger partial charge in [0.1, 0.15) is 0 Å². The first-order valence-electron chi connectivity index (χ1n) is 5.90. The highest BCUT2D eigenvalue weighted by atomic mass is 79.9. The molecule has 4 heteroatoms. The molecule has 0 aliphatic carbocycles. The molecule has 0 aromatic heterocycles. The SMILES string of the molecule is CN(Cc1ccccc1Cl)c1ccc(Br)cc1CCl. The summed E-state index contributed by atoms with van der Waals surface area (Å²) in [6.45, 7) is 0.755. The first-order chi connectivity index (χ1) is 9.11. The summed E-state index contributed by atoms with van der Waals surface area (Å²) in [7, 11) is 2.04. The van der Waals surface area contributed by atoms with Crippen LogP contribution in [0.25, 0.3) is 0 Å². The molecular formula is C15H14BrCl2N. The molecule has 0 unspecified atom stereocenters. The third-order valence-electron chi connectivity index (χ3n) is 2.96. The molecule has 0 spiro atoms. The Balaban J connectivity index is 2.25. The number of hydrogen-bond donors (Lipinski definition) is 0. The highest BCUT2D eigenvalue weighted by molar-refractivity contribution is 9.10. The monoisotopic (exact) mass is 357 g/mol. The van der Waals surface area contributed by atoms with E-state index in [0.717, 1.165) is 32.9 Å². The summed E-state index contributed by atoms with van der Waals surface area (Å²) in [5, 5.41) is 0.791. The van der Waals surface area contributed by atoms with Gasteiger partial charge in [-0.3, -0.25) is 0 Å². The second kappa shape index (κ2) is 6.65. The number of rotatable bonds is 4. The Morgan fingerprint density at radius 1 is 1.11 bits per heavy atom. The molecule has 2 aromatic carbocycles. The molecule has 0 amide bonds. The lowest BCUT2D eigenvalue weighted by molar-refractivity contribution is 0.916. The van der Waals surface area contributed by atoms with Gasteiger partial charge in [0.05, 0.1) is 0 Å². The van der Waals surface area contributed by atoms with E-state index in [2.05, 4.69) is 26.9 Å². The van der Waals surface area contributed by atoms with Crippen LogP contribution in [-0.2, 0) is 12.4 Å². The fraction of sp³-hybridized carbons (Fsp3) is 0.200.